The van der Waals surface area contributed by atoms with E-state index in [1.54, 1.807) is 0 Å². The summed E-state index contributed by atoms with van der Waals surface area (Å²) >= 11 is 0. The van der Waals surface area contributed by atoms with Gasteiger partial charge in [0.2, 0.25) is 5.91 Å². The van der Waals surface area contributed by atoms with Gasteiger partial charge in [0.05, 0.1) is 6.10 Å². The Morgan fingerprint density at radius 3 is 2.21 bits per heavy atom. The van der Waals surface area contributed by atoms with Crippen molar-refractivity contribution in [1.29, 1.82) is 0 Å². The summed E-state index contributed by atoms with van der Waals surface area (Å²) in [4.78, 5) is 11.6. The molecule has 0 spiro atoms. The molecule has 1 amide bonds. The first-order valence-electron chi connectivity index (χ1n) is 8.29. The molecule has 1 fully saturated rings. The molecule has 0 atom stereocenters. The highest BCUT2D eigenvalue weighted by Crippen LogP contribution is 2.32. The predicted molar refractivity (Wildman–Crippen MR) is 95.4 cm³/mol. The normalized spacial score (nSPS) is 22.9. The number of carbonyl (C=O) groups excluding carboxylic acids is 1. The molecule has 24 heavy (non-hydrogen) atoms. The Hall–Kier alpha value is -2.17. The summed E-state index contributed by atoms with van der Waals surface area (Å²) < 4.78 is 0. The molecule has 0 heterocycles. The van der Waals surface area contributed by atoms with E-state index >= 15 is 0 Å². The third kappa shape index (κ3) is 3.35. The molecule has 1 saturated carbocycles. The van der Waals surface area contributed by atoms with Crippen LogP contribution in [0.5, 0.6) is 0 Å². The second-order valence-corrected chi connectivity index (χ2v) is 6.94. The standard InChI is InChI=1S/C20H24N2O2/c1-13-7-14(2)9-17(8-13)16-5-3-15(4-6-16)12-22-20(19(21)24)10-18(23)11-20/h3-9,18,22-23H,10-12H2,1-2H3,(H2,21,24). The van der Waals surface area contributed by atoms with Crippen molar-refractivity contribution in [2.24, 2.45) is 5.73 Å². The number of carbonyl (C=O) groups is 1. The van der Waals surface area contributed by atoms with E-state index in [4.69, 9.17) is 5.73 Å². The highest BCUT2D eigenvalue weighted by atomic mass is 16.3. The molecular weight excluding hydrogens is 300 g/mol. The van der Waals surface area contributed by atoms with E-state index < -0.39 is 11.6 Å². The van der Waals surface area contributed by atoms with Crippen molar-refractivity contribution >= 4 is 5.91 Å². The predicted octanol–water partition coefficient (Wildman–Crippen LogP) is 2.44. The third-order valence-electron chi connectivity index (χ3n) is 4.78. The zero-order valence-corrected chi connectivity index (χ0v) is 14.2. The fourth-order valence-electron chi connectivity index (χ4n) is 3.40. The summed E-state index contributed by atoms with van der Waals surface area (Å²) in [5, 5.41) is 12.7. The van der Waals surface area contributed by atoms with Crippen molar-refractivity contribution in [2.75, 3.05) is 0 Å². The number of nitrogens with two attached hydrogens (primary N) is 1. The first-order valence-corrected chi connectivity index (χ1v) is 8.29. The molecule has 0 aliphatic heterocycles. The Labute approximate surface area is 142 Å². The maximum absolute atomic E-state index is 11.6. The van der Waals surface area contributed by atoms with Gasteiger partial charge in [0.25, 0.3) is 0 Å². The number of aryl methyl sites for hydroxylation is 2. The third-order valence-corrected chi connectivity index (χ3v) is 4.78. The number of benzene rings is 2. The van der Waals surface area contributed by atoms with Crippen molar-refractivity contribution in [3.05, 3.63) is 59.2 Å². The van der Waals surface area contributed by atoms with E-state index in [0.29, 0.717) is 19.4 Å². The molecule has 4 N–H and O–H groups in total. The van der Waals surface area contributed by atoms with Gasteiger partial charge in [-0.15, -0.1) is 0 Å². The number of aliphatic hydroxyl groups is 1. The fourth-order valence-corrected chi connectivity index (χ4v) is 3.40. The number of hydrogen-bond donors (Lipinski definition) is 3. The van der Waals surface area contributed by atoms with Crippen LogP contribution in [-0.4, -0.2) is 22.7 Å². The van der Waals surface area contributed by atoms with Gasteiger partial charge in [-0.2, -0.15) is 0 Å². The fraction of sp³-hybridized carbons (Fsp3) is 0.350. The Morgan fingerprint density at radius 1 is 1.12 bits per heavy atom. The minimum absolute atomic E-state index is 0.389. The largest absolute Gasteiger partial charge is 0.393 e. The Kier molecular flexibility index (Phi) is 4.43. The van der Waals surface area contributed by atoms with Crippen LogP contribution in [-0.2, 0) is 11.3 Å². The molecule has 1 aliphatic carbocycles. The second kappa shape index (κ2) is 6.38. The van der Waals surface area contributed by atoms with Crippen LogP contribution < -0.4 is 11.1 Å². The highest BCUT2D eigenvalue weighted by Gasteiger charge is 2.48. The SMILES string of the molecule is Cc1cc(C)cc(-c2ccc(CNC3(C(N)=O)CC(O)C3)cc2)c1. The number of primary amides is 1. The molecule has 1 aliphatic rings. The lowest BCUT2D eigenvalue weighted by Crippen LogP contribution is -2.64. The van der Waals surface area contributed by atoms with Crippen LogP contribution in [0.3, 0.4) is 0 Å². The number of rotatable bonds is 5. The monoisotopic (exact) mass is 324 g/mol. The number of hydrogen-bond acceptors (Lipinski definition) is 3. The van der Waals surface area contributed by atoms with Crippen molar-refractivity contribution in [3.63, 3.8) is 0 Å². The lowest BCUT2D eigenvalue weighted by Gasteiger charge is -2.43. The Morgan fingerprint density at radius 2 is 1.71 bits per heavy atom. The van der Waals surface area contributed by atoms with Crippen molar-refractivity contribution in [2.45, 2.75) is 44.9 Å². The van der Waals surface area contributed by atoms with Gasteiger partial charge in [0.1, 0.15) is 5.54 Å². The average Bonchev–Trinajstić information content (AvgIpc) is 2.49. The molecule has 0 radical (unpaired) electrons. The highest BCUT2D eigenvalue weighted by molar-refractivity contribution is 5.86. The smallest absolute Gasteiger partial charge is 0.237 e. The summed E-state index contributed by atoms with van der Waals surface area (Å²) in [5.74, 6) is -0.389. The maximum Gasteiger partial charge on any atom is 0.237 e. The van der Waals surface area contributed by atoms with Crippen LogP contribution in [0.2, 0.25) is 0 Å². The lowest BCUT2D eigenvalue weighted by molar-refractivity contribution is -0.133. The molecule has 0 saturated heterocycles. The maximum atomic E-state index is 11.6. The molecule has 0 unspecified atom stereocenters. The van der Waals surface area contributed by atoms with Crippen LogP contribution in [0.25, 0.3) is 11.1 Å². The van der Waals surface area contributed by atoms with Gasteiger partial charge in [0, 0.05) is 19.4 Å². The summed E-state index contributed by atoms with van der Waals surface area (Å²) in [6.45, 7) is 4.76. The number of amides is 1. The van der Waals surface area contributed by atoms with Gasteiger partial charge in [-0.05, 0) is 30.5 Å². The van der Waals surface area contributed by atoms with Crippen LogP contribution in [0.15, 0.2) is 42.5 Å². The first kappa shape index (κ1) is 16.7. The molecule has 3 rings (SSSR count). The van der Waals surface area contributed by atoms with E-state index in [2.05, 4.69) is 61.6 Å². The van der Waals surface area contributed by atoms with Gasteiger partial charge in [-0.1, -0.05) is 53.6 Å². The quantitative estimate of drug-likeness (QED) is 0.791. The molecule has 4 nitrogen and oxygen atoms in total. The van der Waals surface area contributed by atoms with Gasteiger partial charge in [-0.3, -0.25) is 10.1 Å². The Bertz CT molecular complexity index is 726. The van der Waals surface area contributed by atoms with E-state index in [0.717, 1.165) is 5.56 Å². The van der Waals surface area contributed by atoms with Crippen LogP contribution in [0.4, 0.5) is 0 Å². The zero-order valence-electron chi connectivity index (χ0n) is 14.2. The van der Waals surface area contributed by atoms with Crippen molar-refractivity contribution < 1.29 is 9.90 Å². The van der Waals surface area contributed by atoms with Gasteiger partial charge in [0.15, 0.2) is 0 Å². The molecular formula is C20H24N2O2. The molecule has 4 heteroatoms. The van der Waals surface area contributed by atoms with Crippen LogP contribution in [0, 0.1) is 13.8 Å². The summed E-state index contributed by atoms with van der Waals surface area (Å²) in [6, 6.07) is 14.8. The van der Waals surface area contributed by atoms with E-state index in [9.17, 15) is 9.90 Å². The topological polar surface area (TPSA) is 75.3 Å². The average molecular weight is 324 g/mol. The molecule has 0 bridgehead atoms. The minimum Gasteiger partial charge on any atom is -0.393 e. The molecule has 2 aromatic rings. The van der Waals surface area contributed by atoms with Crippen molar-refractivity contribution in [3.8, 4) is 11.1 Å². The van der Waals surface area contributed by atoms with Crippen LogP contribution in [0.1, 0.15) is 29.5 Å². The van der Waals surface area contributed by atoms with E-state index in [1.807, 2.05) is 0 Å². The minimum atomic E-state index is -0.758. The van der Waals surface area contributed by atoms with Gasteiger partial charge in [-0.25, -0.2) is 0 Å². The first-order chi connectivity index (χ1) is 11.4. The second-order valence-electron chi connectivity index (χ2n) is 6.94. The van der Waals surface area contributed by atoms with Crippen LogP contribution >= 0.6 is 0 Å². The summed E-state index contributed by atoms with van der Waals surface area (Å²) in [7, 11) is 0. The summed E-state index contributed by atoms with van der Waals surface area (Å²) in [6.07, 6.45) is 0.350. The molecule has 2 aromatic carbocycles. The lowest BCUT2D eigenvalue weighted by atomic mass is 9.73. The van der Waals surface area contributed by atoms with E-state index in [1.165, 1.54) is 22.3 Å². The van der Waals surface area contributed by atoms with Crippen molar-refractivity contribution in [1.82, 2.24) is 5.32 Å². The van der Waals surface area contributed by atoms with Gasteiger partial charge < -0.3 is 10.8 Å². The molecule has 126 valence electrons. The zero-order chi connectivity index (χ0) is 17.3. The number of nitrogens with one attached hydrogen (secondary N) is 1. The molecule has 0 aromatic heterocycles. The van der Waals surface area contributed by atoms with Gasteiger partial charge >= 0.3 is 0 Å². The summed E-state index contributed by atoms with van der Waals surface area (Å²) in [5.41, 5.74) is 10.7. The Balaban J connectivity index is 1.70. The van der Waals surface area contributed by atoms with E-state index in [-0.39, 0.29) is 5.91 Å². The number of aliphatic hydroxyl groups excluding tert-OH is 1.